The van der Waals surface area contributed by atoms with Crippen molar-refractivity contribution < 1.29 is 14.3 Å². The Balaban J connectivity index is 2.67. The van der Waals surface area contributed by atoms with Crippen molar-refractivity contribution in [3.8, 4) is 5.75 Å². The van der Waals surface area contributed by atoms with Gasteiger partial charge >= 0.3 is 0 Å². The van der Waals surface area contributed by atoms with Gasteiger partial charge in [-0.2, -0.15) is 0 Å². The molecule has 0 bridgehead atoms. The molecule has 1 rings (SSSR count). The van der Waals surface area contributed by atoms with E-state index >= 15 is 0 Å². The maximum absolute atomic E-state index is 11.6. The van der Waals surface area contributed by atoms with Crippen molar-refractivity contribution >= 4 is 23.4 Å². The summed E-state index contributed by atoms with van der Waals surface area (Å²) in [7, 11) is 1.51. The summed E-state index contributed by atoms with van der Waals surface area (Å²) in [5, 5.41) is 3.06. The first-order valence-corrected chi connectivity index (χ1v) is 5.96. The normalized spacial score (nSPS) is 11.7. The summed E-state index contributed by atoms with van der Waals surface area (Å²) in [6.45, 7) is 0.161. The monoisotopic (exact) mass is 285 g/mol. The van der Waals surface area contributed by atoms with Crippen LogP contribution in [0.3, 0.4) is 0 Å². The van der Waals surface area contributed by atoms with E-state index in [1.165, 1.54) is 7.11 Å². The molecule has 0 radical (unpaired) electrons. The second kappa shape index (κ2) is 6.96. The van der Waals surface area contributed by atoms with Crippen LogP contribution in [0.5, 0.6) is 5.75 Å². The molecule has 1 aromatic rings. The highest BCUT2D eigenvalue weighted by atomic mass is 35.5. The van der Waals surface area contributed by atoms with Crippen molar-refractivity contribution in [3.63, 3.8) is 0 Å². The standard InChI is InChI=1S/C12H16ClN3O3/c1-19-10-4-2-3-8(13)7(10)6-16-12(18)9(14)5-11(15)17/h2-4,9H,5-6,14H2,1H3,(H2,15,17)(H,16,18). The molecule has 19 heavy (non-hydrogen) atoms. The molecule has 0 aliphatic rings. The van der Waals surface area contributed by atoms with E-state index < -0.39 is 17.9 Å². The van der Waals surface area contributed by atoms with Gasteiger partial charge in [0.1, 0.15) is 5.75 Å². The minimum Gasteiger partial charge on any atom is -0.496 e. The first-order valence-electron chi connectivity index (χ1n) is 5.58. The smallest absolute Gasteiger partial charge is 0.237 e. The fraction of sp³-hybridized carbons (Fsp3) is 0.333. The fourth-order valence-corrected chi connectivity index (χ4v) is 1.75. The van der Waals surface area contributed by atoms with Crippen LogP contribution in [0.2, 0.25) is 5.02 Å². The molecular weight excluding hydrogens is 270 g/mol. The number of carbonyl (C=O) groups excluding carboxylic acids is 2. The highest BCUT2D eigenvalue weighted by Crippen LogP contribution is 2.25. The predicted molar refractivity (Wildman–Crippen MR) is 71.6 cm³/mol. The average Bonchev–Trinajstić information content (AvgIpc) is 2.35. The summed E-state index contributed by atoms with van der Waals surface area (Å²) in [5.41, 5.74) is 11.1. The number of nitrogens with one attached hydrogen (secondary N) is 1. The van der Waals surface area contributed by atoms with E-state index in [4.69, 9.17) is 27.8 Å². The third-order valence-corrected chi connectivity index (χ3v) is 2.85. The van der Waals surface area contributed by atoms with E-state index in [1.54, 1.807) is 18.2 Å². The minimum absolute atomic E-state index is 0.161. The molecule has 0 aliphatic heterocycles. The van der Waals surface area contributed by atoms with Gasteiger partial charge in [0.25, 0.3) is 0 Å². The summed E-state index contributed by atoms with van der Waals surface area (Å²) < 4.78 is 5.14. The van der Waals surface area contributed by atoms with Crippen LogP contribution in [-0.4, -0.2) is 25.0 Å². The van der Waals surface area contributed by atoms with Crippen molar-refractivity contribution in [1.82, 2.24) is 5.32 Å². The molecule has 0 spiro atoms. The van der Waals surface area contributed by atoms with Crippen LogP contribution in [-0.2, 0) is 16.1 Å². The molecule has 1 aromatic carbocycles. The largest absolute Gasteiger partial charge is 0.496 e. The van der Waals surface area contributed by atoms with Crippen LogP contribution in [0.15, 0.2) is 18.2 Å². The van der Waals surface area contributed by atoms with Crippen LogP contribution >= 0.6 is 11.6 Å². The molecule has 0 saturated heterocycles. The third kappa shape index (κ3) is 4.42. The van der Waals surface area contributed by atoms with Gasteiger partial charge in [0, 0.05) is 17.1 Å². The van der Waals surface area contributed by atoms with Gasteiger partial charge < -0.3 is 21.5 Å². The SMILES string of the molecule is COc1cccc(Cl)c1CNC(=O)C(N)CC(N)=O. The van der Waals surface area contributed by atoms with Crippen LogP contribution < -0.4 is 21.5 Å². The van der Waals surface area contributed by atoms with Crippen LogP contribution in [0.25, 0.3) is 0 Å². The number of primary amides is 1. The highest BCUT2D eigenvalue weighted by molar-refractivity contribution is 6.31. The lowest BCUT2D eigenvalue weighted by atomic mass is 10.1. The second-order valence-electron chi connectivity index (χ2n) is 3.92. The van der Waals surface area contributed by atoms with Crippen molar-refractivity contribution in [3.05, 3.63) is 28.8 Å². The second-order valence-corrected chi connectivity index (χ2v) is 4.32. The van der Waals surface area contributed by atoms with E-state index in [0.717, 1.165) is 0 Å². The Hall–Kier alpha value is -1.79. The molecule has 104 valence electrons. The Morgan fingerprint density at radius 1 is 1.47 bits per heavy atom. The molecule has 0 aromatic heterocycles. The van der Waals surface area contributed by atoms with Crippen molar-refractivity contribution in [1.29, 1.82) is 0 Å². The number of hydrogen-bond donors (Lipinski definition) is 3. The van der Waals surface area contributed by atoms with E-state index in [-0.39, 0.29) is 13.0 Å². The predicted octanol–water partition coefficient (Wildman–Crippen LogP) is 0.168. The van der Waals surface area contributed by atoms with Crippen molar-refractivity contribution in [2.24, 2.45) is 11.5 Å². The van der Waals surface area contributed by atoms with Gasteiger partial charge in [-0.15, -0.1) is 0 Å². The third-order valence-electron chi connectivity index (χ3n) is 2.49. The van der Waals surface area contributed by atoms with E-state index in [1.807, 2.05) is 0 Å². The van der Waals surface area contributed by atoms with E-state index in [9.17, 15) is 9.59 Å². The van der Waals surface area contributed by atoms with Gasteiger partial charge in [0.15, 0.2) is 0 Å². The van der Waals surface area contributed by atoms with Crippen LogP contribution in [0, 0.1) is 0 Å². The van der Waals surface area contributed by atoms with Gasteiger partial charge in [-0.1, -0.05) is 17.7 Å². The van der Waals surface area contributed by atoms with Gasteiger partial charge in [-0.05, 0) is 12.1 Å². The maximum atomic E-state index is 11.6. The number of rotatable bonds is 6. The van der Waals surface area contributed by atoms with Gasteiger partial charge in [-0.25, -0.2) is 0 Å². The van der Waals surface area contributed by atoms with Crippen LogP contribution in [0.4, 0.5) is 0 Å². The zero-order valence-corrected chi connectivity index (χ0v) is 11.2. The fourth-order valence-electron chi connectivity index (χ4n) is 1.52. The first-order chi connectivity index (χ1) is 8.95. The molecule has 6 nitrogen and oxygen atoms in total. The molecule has 2 amide bonds. The maximum Gasteiger partial charge on any atom is 0.237 e. The zero-order chi connectivity index (χ0) is 14.4. The average molecular weight is 286 g/mol. The van der Waals surface area contributed by atoms with Crippen LogP contribution in [0.1, 0.15) is 12.0 Å². The summed E-state index contributed by atoms with van der Waals surface area (Å²) in [5.74, 6) is -0.532. The number of halogens is 1. The Morgan fingerprint density at radius 2 is 2.16 bits per heavy atom. The molecule has 0 fully saturated rings. The molecule has 0 saturated carbocycles. The lowest BCUT2D eigenvalue weighted by molar-refractivity contribution is -0.126. The van der Waals surface area contributed by atoms with Gasteiger partial charge in [0.05, 0.1) is 19.6 Å². The van der Waals surface area contributed by atoms with E-state index in [0.29, 0.717) is 16.3 Å². The number of benzene rings is 1. The molecule has 5 N–H and O–H groups in total. The number of ether oxygens (including phenoxy) is 1. The Kier molecular flexibility index (Phi) is 5.59. The number of amides is 2. The molecule has 1 atom stereocenters. The summed E-state index contributed by atoms with van der Waals surface area (Å²) in [6.07, 6.45) is -0.203. The topological polar surface area (TPSA) is 107 Å². The Bertz CT molecular complexity index is 479. The Labute approximate surface area is 116 Å². The molecule has 0 aliphatic carbocycles. The zero-order valence-electron chi connectivity index (χ0n) is 10.5. The van der Waals surface area contributed by atoms with Crippen molar-refractivity contribution in [2.45, 2.75) is 19.0 Å². The minimum atomic E-state index is -0.967. The first kappa shape index (κ1) is 15.3. The summed E-state index contributed by atoms with van der Waals surface area (Å²) >= 11 is 6.02. The van der Waals surface area contributed by atoms with E-state index in [2.05, 4.69) is 5.32 Å². The lowest BCUT2D eigenvalue weighted by Crippen LogP contribution is -2.42. The summed E-state index contributed by atoms with van der Waals surface area (Å²) in [6, 6.07) is 4.20. The summed E-state index contributed by atoms with van der Waals surface area (Å²) in [4.78, 5) is 22.3. The van der Waals surface area contributed by atoms with Gasteiger partial charge in [0.2, 0.25) is 11.8 Å². The quantitative estimate of drug-likeness (QED) is 0.692. The molecule has 1 unspecified atom stereocenters. The molecular formula is C12H16ClN3O3. The number of carbonyl (C=O) groups is 2. The van der Waals surface area contributed by atoms with Crippen molar-refractivity contribution in [2.75, 3.05) is 7.11 Å². The number of hydrogen-bond acceptors (Lipinski definition) is 4. The van der Waals surface area contributed by atoms with Gasteiger partial charge in [-0.3, -0.25) is 9.59 Å². The highest BCUT2D eigenvalue weighted by Gasteiger charge is 2.16. The molecule has 7 heteroatoms. The number of nitrogens with two attached hydrogens (primary N) is 2. The molecule has 0 heterocycles. The lowest BCUT2D eigenvalue weighted by Gasteiger charge is -2.13. The Morgan fingerprint density at radius 3 is 2.74 bits per heavy atom. The number of methoxy groups -OCH3 is 1.